The molecule has 0 spiro atoms. The van der Waals surface area contributed by atoms with E-state index >= 15 is 0 Å². The van der Waals surface area contributed by atoms with Crippen molar-refractivity contribution in [2.75, 3.05) is 12.4 Å². The van der Waals surface area contributed by atoms with Gasteiger partial charge in [-0.15, -0.1) is 0 Å². The Hall–Kier alpha value is -1.02. The first kappa shape index (κ1) is 12.4. The summed E-state index contributed by atoms with van der Waals surface area (Å²) >= 11 is 0. The van der Waals surface area contributed by atoms with Crippen LogP contribution in [0, 0.1) is 5.92 Å². The van der Waals surface area contributed by atoms with Crippen molar-refractivity contribution in [2.45, 2.75) is 45.3 Å². The van der Waals surface area contributed by atoms with Gasteiger partial charge in [-0.3, -0.25) is 0 Å². The third-order valence-electron chi connectivity index (χ3n) is 3.80. The van der Waals surface area contributed by atoms with Gasteiger partial charge in [-0.2, -0.15) is 0 Å². The molecule has 0 aliphatic heterocycles. The third kappa shape index (κ3) is 3.22. The quantitative estimate of drug-likeness (QED) is 0.834. The van der Waals surface area contributed by atoms with Crippen molar-refractivity contribution in [1.29, 1.82) is 0 Å². The Bertz CT molecular complexity index is 351. The van der Waals surface area contributed by atoms with Crippen LogP contribution in [0.3, 0.4) is 0 Å². The van der Waals surface area contributed by atoms with Gasteiger partial charge in [-0.05, 0) is 31.2 Å². The van der Waals surface area contributed by atoms with E-state index in [-0.39, 0.29) is 0 Å². The van der Waals surface area contributed by atoms with Gasteiger partial charge in [0, 0.05) is 24.4 Å². The maximum absolute atomic E-state index is 5.24. The molecule has 0 aromatic heterocycles. The van der Waals surface area contributed by atoms with E-state index in [9.17, 15) is 0 Å². The van der Waals surface area contributed by atoms with Gasteiger partial charge in [-0.25, -0.2) is 0 Å². The summed E-state index contributed by atoms with van der Waals surface area (Å²) in [7, 11) is 1.75. The summed E-state index contributed by atoms with van der Waals surface area (Å²) in [6.45, 7) is 2.99. The topological polar surface area (TPSA) is 21.3 Å². The van der Waals surface area contributed by atoms with Crippen molar-refractivity contribution in [3.05, 3.63) is 29.8 Å². The minimum Gasteiger partial charge on any atom is -0.382 e. The van der Waals surface area contributed by atoms with Gasteiger partial charge in [0.2, 0.25) is 0 Å². The lowest BCUT2D eigenvalue weighted by Gasteiger charge is -2.17. The number of methoxy groups -OCH3 is 1. The molecule has 94 valence electrons. The number of para-hydroxylation sites is 1. The fraction of sp³-hybridized carbons (Fsp3) is 0.600. The number of nitrogens with one attached hydrogen (secondary N) is 1. The van der Waals surface area contributed by atoms with Crippen LogP contribution in [0.4, 0.5) is 5.69 Å². The van der Waals surface area contributed by atoms with E-state index in [1.54, 1.807) is 7.11 Å². The van der Waals surface area contributed by atoms with Crippen LogP contribution in [0.15, 0.2) is 24.3 Å². The van der Waals surface area contributed by atoms with E-state index in [0.29, 0.717) is 12.6 Å². The lowest BCUT2D eigenvalue weighted by atomic mass is 10.1. The van der Waals surface area contributed by atoms with Crippen LogP contribution in [0.5, 0.6) is 0 Å². The van der Waals surface area contributed by atoms with Crippen molar-refractivity contribution in [3.8, 4) is 0 Å². The third-order valence-corrected chi connectivity index (χ3v) is 3.80. The zero-order chi connectivity index (χ0) is 12.1. The van der Waals surface area contributed by atoms with Crippen LogP contribution in [0.2, 0.25) is 0 Å². The van der Waals surface area contributed by atoms with E-state index in [1.807, 2.05) is 0 Å². The number of hydrogen-bond acceptors (Lipinski definition) is 2. The molecule has 0 radical (unpaired) electrons. The average Bonchev–Trinajstić information content (AvgIpc) is 2.80. The second-order valence-electron chi connectivity index (χ2n) is 5.02. The highest BCUT2D eigenvalue weighted by molar-refractivity contribution is 5.51. The first-order valence-corrected chi connectivity index (χ1v) is 6.66. The summed E-state index contributed by atoms with van der Waals surface area (Å²) in [5.41, 5.74) is 2.51. The monoisotopic (exact) mass is 233 g/mol. The highest BCUT2D eigenvalue weighted by atomic mass is 16.5. The van der Waals surface area contributed by atoms with Crippen LogP contribution >= 0.6 is 0 Å². The van der Waals surface area contributed by atoms with Gasteiger partial charge in [0.15, 0.2) is 0 Å². The zero-order valence-corrected chi connectivity index (χ0v) is 10.9. The molecule has 2 heteroatoms. The molecule has 1 saturated carbocycles. The Kier molecular flexibility index (Phi) is 4.43. The molecule has 17 heavy (non-hydrogen) atoms. The van der Waals surface area contributed by atoms with Crippen molar-refractivity contribution >= 4 is 5.69 Å². The summed E-state index contributed by atoms with van der Waals surface area (Å²) in [4.78, 5) is 0. The van der Waals surface area contributed by atoms with Gasteiger partial charge in [-0.1, -0.05) is 31.5 Å². The van der Waals surface area contributed by atoms with Gasteiger partial charge >= 0.3 is 0 Å². The molecular weight excluding hydrogens is 210 g/mol. The molecule has 0 saturated heterocycles. The van der Waals surface area contributed by atoms with Crippen LogP contribution in [0.1, 0.15) is 38.2 Å². The van der Waals surface area contributed by atoms with E-state index in [0.717, 1.165) is 5.92 Å². The Balaban J connectivity index is 1.98. The fourth-order valence-corrected chi connectivity index (χ4v) is 2.74. The molecule has 2 atom stereocenters. The van der Waals surface area contributed by atoms with Gasteiger partial charge in [0.25, 0.3) is 0 Å². The van der Waals surface area contributed by atoms with Crippen molar-refractivity contribution in [2.24, 2.45) is 5.92 Å². The summed E-state index contributed by atoms with van der Waals surface area (Å²) in [6, 6.07) is 9.11. The summed E-state index contributed by atoms with van der Waals surface area (Å²) in [5, 5.41) is 3.68. The van der Waals surface area contributed by atoms with E-state index in [2.05, 4.69) is 36.5 Å². The molecule has 0 heterocycles. The largest absolute Gasteiger partial charge is 0.382 e. The SMILES string of the molecule is CCC1CCC(Nc2ccccc2COC)C1. The lowest BCUT2D eigenvalue weighted by molar-refractivity contribution is 0.185. The smallest absolute Gasteiger partial charge is 0.0733 e. The molecule has 0 bridgehead atoms. The standard InChI is InChI=1S/C15H23NO/c1-3-12-8-9-14(10-12)16-15-7-5-4-6-13(15)11-17-2/h4-7,12,14,16H,3,8-11H2,1-2H3. The molecule has 1 aromatic rings. The normalized spacial score (nSPS) is 23.9. The van der Waals surface area contributed by atoms with E-state index < -0.39 is 0 Å². The number of ether oxygens (including phenoxy) is 1. The maximum Gasteiger partial charge on any atom is 0.0733 e. The highest BCUT2D eigenvalue weighted by Gasteiger charge is 2.23. The second kappa shape index (κ2) is 6.06. The number of benzene rings is 1. The van der Waals surface area contributed by atoms with Gasteiger partial charge in [0.1, 0.15) is 0 Å². The number of rotatable bonds is 5. The Morgan fingerprint density at radius 3 is 2.82 bits per heavy atom. The predicted octanol–water partition coefficient (Wildman–Crippen LogP) is 3.82. The molecule has 1 aliphatic rings. The summed E-state index contributed by atoms with van der Waals surface area (Å²) in [5.74, 6) is 0.919. The molecule has 1 N–H and O–H groups in total. The van der Waals surface area contributed by atoms with E-state index in [4.69, 9.17) is 4.74 Å². The fourth-order valence-electron chi connectivity index (χ4n) is 2.74. The maximum atomic E-state index is 5.24. The minimum absolute atomic E-state index is 0.651. The first-order valence-electron chi connectivity index (χ1n) is 6.66. The number of anilines is 1. The second-order valence-corrected chi connectivity index (χ2v) is 5.02. The molecule has 1 fully saturated rings. The molecule has 1 aromatic carbocycles. The first-order chi connectivity index (χ1) is 8.33. The van der Waals surface area contributed by atoms with E-state index in [1.165, 1.54) is 36.9 Å². The zero-order valence-electron chi connectivity index (χ0n) is 10.9. The molecule has 2 nitrogen and oxygen atoms in total. The Labute approximate surface area is 104 Å². The van der Waals surface area contributed by atoms with Crippen molar-refractivity contribution < 1.29 is 4.74 Å². The van der Waals surface area contributed by atoms with Crippen LogP contribution in [-0.2, 0) is 11.3 Å². The Morgan fingerprint density at radius 1 is 1.29 bits per heavy atom. The molecular formula is C15H23NO. The van der Waals surface area contributed by atoms with Crippen LogP contribution < -0.4 is 5.32 Å². The predicted molar refractivity (Wildman–Crippen MR) is 72.2 cm³/mol. The van der Waals surface area contributed by atoms with Crippen molar-refractivity contribution in [1.82, 2.24) is 0 Å². The molecule has 2 rings (SSSR count). The van der Waals surface area contributed by atoms with Gasteiger partial charge < -0.3 is 10.1 Å². The molecule has 1 aliphatic carbocycles. The van der Waals surface area contributed by atoms with Crippen LogP contribution in [-0.4, -0.2) is 13.2 Å². The van der Waals surface area contributed by atoms with Gasteiger partial charge in [0.05, 0.1) is 6.61 Å². The highest BCUT2D eigenvalue weighted by Crippen LogP contribution is 2.31. The average molecular weight is 233 g/mol. The summed E-state index contributed by atoms with van der Waals surface area (Å²) in [6.07, 6.45) is 5.32. The van der Waals surface area contributed by atoms with Crippen molar-refractivity contribution in [3.63, 3.8) is 0 Å². The molecule has 2 unspecified atom stereocenters. The Morgan fingerprint density at radius 2 is 2.12 bits per heavy atom. The van der Waals surface area contributed by atoms with Crippen LogP contribution in [0.25, 0.3) is 0 Å². The summed E-state index contributed by atoms with van der Waals surface area (Å²) < 4.78 is 5.24. The number of hydrogen-bond donors (Lipinski definition) is 1. The molecule has 0 amide bonds. The minimum atomic E-state index is 0.651. The lowest BCUT2D eigenvalue weighted by Crippen LogP contribution is -2.16.